The van der Waals surface area contributed by atoms with E-state index in [1.54, 1.807) is 36.2 Å². The van der Waals surface area contributed by atoms with Crippen molar-refractivity contribution in [2.75, 3.05) is 18.2 Å². The molecule has 0 unspecified atom stereocenters. The summed E-state index contributed by atoms with van der Waals surface area (Å²) >= 11 is 1.10. The number of carbonyl (C=O) groups is 1. The third-order valence-electron chi connectivity index (χ3n) is 4.56. The highest BCUT2D eigenvalue weighted by Gasteiger charge is 2.13. The maximum Gasteiger partial charge on any atom is 0.287 e. The van der Waals surface area contributed by atoms with Gasteiger partial charge in [-0.25, -0.2) is 4.98 Å². The van der Waals surface area contributed by atoms with Gasteiger partial charge in [0.15, 0.2) is 5.03 Å². The molecule has 0 aliphatic heterocycles. The number of thioether (sulfide) groups is 1. The summed E-state index contributed by atoms with van der Waals surface area (Å²) in [5.41, 5.74) is 1.10. The van der Waals surface area contributed by atoms with E-state index < -0.39 is 0 Å². The first-order chi connectivity index (χ1) is 14.7. The van der Waals surface area contributed by atoms with Crippen molar-refractivity contribution in [2.45, 2.75) is 5.03 Å². The SMILES string of the molecule is COc1ccccc1NC(=O)CSc1nccn(-c2cccc3ccccc23)c1=O. The molecule has 150 valence electrons. The topological polar surface area (TPSA) is 73.2 Å². The molecule has 0 fully saturated rings. The molecule has 3 aromatic carbocycles. The Bertz CT molecular complexity index is 1260. The van der Waals surface area contributed by atoms with Gasteiger partial charge >= 0.3 is 0 Å². The van der Waals surface area contributed by atoms with Gasteiger partial charge in [0.25, 0.3) is 5.56 Å². The molecule has 0 saturated heterocycles. The predicted molar refractivity (Wildman–Crippen MR) is 120 cm³/mol. The minimum absolute atomic E-state index is 0.0554. The second-order valence-electron chi connectivity index (χ2n) is 6.44. The van der Waals surface area contributed by atoms with Crippen LogP contribution in [0.5, 0.6) is 5.75 Å². The normalized spacial score (nSPS) is 10.7. The van der Waals surface area contributed by atoms with Crippen LogP contribution in [0.1, 0.15) is 0 Å². The second kappa shape index (κ2) is 8.84. The van der Waals surface area contributed by atoms with Gasteiger partial charge in [0, 0.05) is 17.8 Å². The number of para-hydroxylation sites is 2. The van der Waals surface area contributed by atoms with Crippen LogP contribution in [-0.4, -0.2) is 28.3 Å². The molecule has 6 nitrogen and oxygen atoms in total. The van der Waals surface area contributed by atoms with Gasteiger partial charge in [-0.3, -0.25) is 14.2 Å². The number of fused-ring (bicyclic) bond motifs is 1. The predicted octanol–water partition coefficient (Wildman–Crippen LogP) is 4.13. The van der Waals surface area contributed by atoms with Crippen molar-refractivity contribution in [1.29, 1.82) is 0 Å². The molecule has 0 bridgehead atoms. The molecule has 1 amide bonds. The lowest BCUT2D eigenvalue weighted by Crippen LogP contribution is -2.22. The van der Waals surface area contributed by atoms with Crippen LogP contribution in [0.25, 0.3) is 16.5 Å². The van der Waals surface area contributed by atoms with Crippen LogP contribution >= 0.6 is 11.8 Å². The quantitative estimate of drug-likeness (QED) is 0.478. The second-order valence-corrected chi connectivity index (χ2v) is 7.41. The Morgan fingerprint density at radius 3 is 2.70 bits per heavy atom. The highest BCUT2D eigenvalue weighted by atomic mass is 32.2. The van der Waals surface area contributed by atoms with Crippen molar-refractivity contribution < 1.29 is 9.53 Å². The van der Waals surface area contributed by atoms with Crippen LogP contribution < -0.4 is 15.6 Å². The van der Waals surface area contributed by atoms with Crippen molar-refractivity contribution in [3.8, 4) is 11.4 Å². The first kappa shape index (κ1) is 19.7. The number of carbonyl (C=O) groups excluding carboxylic acids is 1. The fourth-order valence-electron chi connectivity index (χ4n) is 3.17. The van der Waals surface area contributed by atoms with E-state index in [0.717, 1.165) is 28.2 Å². The van der Waals surface area contributed by atoms with Gasteiger partial charge in [-0.05, 0) is 23.6 Å². The molecule has 4 aromatic rings. The smallest absolute Gasteiger partial charge is 0.287 e. The number of benzene rings is 3. The van der Waals surface area contributed by atoms with Crippen molar-refractivity contribution >= 4 is 34.1 Å². The lowest BCUT2D eigenvalue weighted by Gasteiger charge is -2.11. The Kier molecular flexibility index (Phi) is 5.81. The number of aromatic nitrogens is 2. The van der Waals surface area contributed by atoms with E-state index in [0.29, 0.717) is 11.4 Å². The van der Waals surface area contributed by atoms with E-state index in [1.165, 1.54) is 0 Å². The van der Waals surface area contributed by atoms with Gasteiger partial charge in [-0.1, -0.05) is 60.3 Å². The first-order valence-corrected chi connectivity index (χ1v) is 10.3. The molecule has 0 atom stereocenters. The van der Waals surface area contributed by atoms with E-state index in [9.17, 15) is 9.59 Å². The van der Waals surface area contributed by atoms with Gasteiger partial charge in [-0.2, -0.15) is 0 Å². The molecule has 7 heteroatoms. The van der Waals surface area contributed by atoms with E-state index in [2.05, 4.69) is 10.3 Å². The highest BCUT2D eigenvalue weighted by molar-refractivity contribution is 7.99. The Balaban J connectivity index is 1.55. The van der Waals surface area contributed by atoms with Gasteiger partial charge in [0.2, 0.25) is 5.91 Å². The van der Waals surface area contributed by atoms with Gasteiger partial charge < -0.3 is 10.1 Å². The summed E-state index contributed by atoms with van der Waals surface area (Å²) in [6, 6.07) is 20.9. The molecular formula is C23H19N3O3S. The molecule has 0 saturated carbocycles. The minimum atomic E-state index is -0.260. The summed E-state index contributed by atoms with van der Waals surface area (Å²) in [6.07, 6.45) is 3.21. The molecule has 0 aliphatic carbocycles. The van der Waals surface area contributed by atoms with Crippen molar-refractivity contribution in [2.24, 2.45) is 0 Å². The molecule has 30 heavy (non-hydrogen) atoms. The van der Waals surface area contributed by atoms with E-state index in [4.69, 9.17) is 4.74 Å². The fraction of sp³-hybridized carbons (Fsp3) is 0.0870. The largest absolute Gasteiger partial charge is 0.495 e. The Labute approximate surface area is 177 Å². The fourth-order valence-corrected chi connectivity index (χ4v) is 3.87. The molecule has 0 aliphatic rings. The molecule has 1 aromatic heterocycles. The summed E-state index contributed by atoms with van der Waals surface area (Å²) in [7, 11) is 1.55. The average molecular weight is 417 g/mol. The Morgan fingerprint density at radius 2 is 1.83 bits per heavy atom. The number of nitrogens with zero attached hydrogens (tertiary/aromatic N) is 2. The van der Waals surface area contributed by atoms with Crippen LogP contribution in [0.4, 0.5) is 5.69 Å². The van der Waals surface area contributed by atoms with E-state index >= 15 is 0 Å². The molecule has 1 N–H and O–H groups in total. The monoisotopic (exact) mass is 417 g/mol. The van der Waals surface area contributed by atoms with Gasteiger partial charge in [-0.15, -0.1) is 0 Å². The van der Waals surface area contributed by atoms with Crippen LogP contribution in [0.2, 0.25) is 0 Å². The minimum Gasteiger partial charge on any atom is -0.495 e. The zero-order valence-electron chi connectivity index (χ0n) is 16.2. The zero-order chi connectivity index (χ0) is 20.9. The lowest BCUT2D eigenvalue weighted by molar-refractivity contribution is -0.113. The van der Waals surface area contributed by atoms with Crippen LogP contribution in [-0.2, 0) is 4.79 Å². The summed E-state index contributed by atoms with van der Waals surface area (Å²) < 4.78 is 6.81. The summed E-state index contributed by atoms with van der Waals surface area (Å²) in [5, 5.41) is 5.08. The highest BCUT2D eigenvalue weighted by Crippen LogP contribution is 2.24. The zero-order valence-corrected chi connectivity index (χ0v) is 17.1. The first-order valence-electron chi connectivity index (χ1n) is 9.29. The number of hydrogen-bond acceptors (Lipinski definition) is 5. The molecule has 1 heterocycles. The maximum atomic E-state index is 13.0. The number of amides is 1. The number of ether oxygens (including phenoxy) is 1. The van der Waals surface area contributed by atoms with Crippen molar-refractivity contribution in [1.82, 2.24) is 9.55 Å². The number of methoxy groups -OCH3 is 1. The molecule has 0 spiro atoms. The maximum absolute atomic E-state index is 13.0. The third-order valence-corrected chi connectivity index (χ3v) is 5.52. The third kappa shape index (κ3) is 4.06. The van der Waals surface area contributed by atoms with E-state index in [-0.39, 0.29) is 22.2 Å². The van der Waals surface area contributed by atoms with Crippen LogP contribution in [0, 0.1) is 0 Å². The average Bonchev–Trinajstić information content (AvgIpc) is 2.78. The molecular weight excluding hydrogens is 398 g/mol. The standard InChI is InChI=1S/C23H19N3O3S/c1-29-20-12-5-4-10-18(20)25-21(27)15-30-22-23(28)26(14-13-24-22)19-11-6-8-16-7-2-3-9-17(16)19/h2-14H,15H2,1H3,(H,25,27). The summed E-state index contributed by atoms with van der Waals surface area (Å²) in [4.78, 5) is 29.6. The number of hydrogen-bond donors (Lipinski definition) is 1. The Morgan fingerprint density at radius 1 is 1.07 bits per heavy atom. The summed E-state index contributed by atoms with van der Waals surface area (Å²) in [6.45, 7) is 0. The van der Waals surface area contributed by atoms with Crippen molar-refractivity contribution in [3.63, 3.8) is 0 Å². The van der Waals surface area contributed by atoms with Crippen LogP contribution in [0.3, 0.4) is 0 Å². The summed E-state index contributed by atoms with van der Waals surface area (Å²) in [5.74, 6) is 0.387. The number of rotatable bonds is 6. The van der Waals surface area contributed by atoms with Crippen LogP contribution in [0.15, 0.2) is 88.9 Å². The van der Waals surface area contributed by atoms with Gasteiger partial charge in [0.1, 0.15) is 5.75 Å². The number of anilines is 1. The Hall–Kier alpha value is -3.58. The molecule has 4 rings (SSSR count). The van der Waals surface area contributed by atoms with Crippen molar-refractivity contribution in [3.05, 3.63) is 89.5 Å². The lowest BCUT2D eigenvalue weighted by atomic mass is 10.1. The number of nitrogens with one attached hydrogen (secondary N) is 1. The van der Waals surface area contributed by atoms with Gasteiger partial charge in [0.05, 0.1) is 24.2 Å². The molecule has 0 radical (unpaired) electrons. The van der Waals surface area contributed by atoms with E-state index in [1.807, 2.05) is 54.6 Å².